The third-order valence-corrected chi connectivity index (χ3v) is 3.73. The Kier molecular flexibility index (Phi) is 4.79. The van der Waals surface area contributed by atoms with E-state index in [1.54, 1.807) is 60.7 Å². The Labute approximate surface area is 144 Å². The standard InChI is InChI=1S/C19H14ClN2O2/c20-15-12-10-14(11-13-15)19(23)17-8-4-5-9-18(17)22(24)21-16-6-2-1-3-7-16/h1-13,21H/q-1. The fourth-order valence-electron chi connectivity index (χ4n) is 2.29. The topological polar surface area (TPSA) is 55.4 Å². The van der Waals surface area contributed by atoms with Crippen molar-refractivity contribution in [1.29, 1.82) is 0 Å². The lowest BCUT2D eigenvalue weighted by Crippen LogP contribution is -2.24. The molecule has 0 amide bonds. The van der Waals surface area contributed by atoms with Gasteiger partial charge in [0.15, 0.2) is 5.78 Å². The van der Waals surface area contributed by atoms with Crippen LogP contribution in [0.1, 0.15) is 15.9 Å². The molecule has 0 fully saturated rings. The van der Waals surface area contributed by atoms with Gasteiger partial charge in [-0.3, -0.25) is 4.79 Å². The van der Waals surface area contributed by atoms with Gasteiger partial charge >= 0.3 is 0 Å². The highest BCUT2D eigenvalue weighted by Crippen LogP contribution is 2.24. The van der Waals surface area contributed by atoms with Gasteiger partial charge in [0.25, 0.3) is 0 Å². The third kappa shape index (κ3) is 3.56. The number of para-hydroxylation sites is 2. The van der Waals surface area contributed by atoms with Crippen LogP contribution in [0.3, 0.4) is 0 Å². The van der Waals surface area contributed by atoms with Gasteiger partial charge in [-0.2, -0.15) is 0 Å². The molecule has 0 radical (unpaired) electrons. The maximum atomic E-state index is 12.7. The maximum Gasteiger partial charge on any atom is 0.195 e. The van der Waals surface area contributed by atoms with Crippen LogP contribution < -0.4 is 10.6 Å². The Morgan fingerprint density at radius 2 is 1.50 bits per heavy atom. The number of ketones is 1. The van der Waals surface area contributed by atoms with Gasteiger partial charge in [-0.05, 0) is 48.5 Å². The summed E-state index contributed by atoms with van der Waals surface area (Å²) in [5.74, 6) is -0.238. The van der Waals surface area contributed by atoms with Crippen molar-refractivity contribution in [3.63, 3.8) is 0 Å². The Hall–Kier alpha value is -2.82. The number of rotatable bonds is 5. The number of nitrogens with one attached hydrogen (secondary N) is 1. The molecule has 1 N–H and O–H groups in total. The second-order valence-corrected chi connectivity index (χ2v) is 5.56. The molecule has 0 bridgehead atoms. The van der Waals surface area contributed by atoms with Crippen molar-refractivity contribution in [1.82, 2.24) is 0 Å². The first kappa shape index (κ1) is 16.1. The van der Waals surface area contributed by atoms with E-state index in [2.05, 4.69) is 5.43 Å². The van der Waals surface area contributed by atoms with Crippen LogP contribution in [0.2, 0.25) is 5.02 Å². The second-order valence-electron chi connectivity index (χ2n) is 5.13. The predicted molar refractivity (Wildman–Crippen MR) is 97.2 cm³/mol. The second kappa shape index (κ2) is 7.17. The van der Waals surface area contributed by atoms with E-state index in [4.69, 9.17) is 11.6 Å². The molecule has 24 heavy (non-hydrogen) atoms. The molecule has 5 heteroatoms. The summed E-state index contributed by atoms with van der Waals surface area (Å²) in [6.07, 6.45) is 0. The van der Waals surface area contributed by atoms with E-state index < -0.39 is 0 Å². The Bertz CT molecular complexity index is 836. The molecular weight excluding hydrogens is 324 g/mol. The van der Waals surface area contributed by atoms with Gasteiger partial charge in [-0.25, -0.2) is 0 Å². The molecule has 0 atom stereocenters. The van der Waals surface area contributed by atoms with Gasteiger partial charge in [-0.1, -0.05) is 41.9 Å². The SMILES string of the molecule is O=C(c1ccc(Cl)cc1)c1ccccc1N([O-])Nc1ccccc1. The minimum absolute atomic E-state index is 0.238. The molecule has 0 aliphatic carbocycles. The van der Waals surface area contributed by atoms with E-state index in [1.165, 1.54) is 0 Å². The Morgan fingerprint density at radius 1 is 0.875 bits per heavy atom. The zero-order valence-electron chi connectivity index (χ0n) is 12.6. The fourth-order valence-corrected chi connectivity index (χ4v) is 2.42. The molecule has 0 spiro atoms. The van der Waals surface area contributed by atoms with Gasteiger partial charge in [0.1, 0.15) is 0 Å². The molecule has 0 aliphatic rings. The monoisotopic (exact) mass is 337 g/mol. The first-order valence-electron chi connectivity index (χ1n) is 7.33. The van der Waals surface area contributed by atoms with Crippen LogP contribution in [-0.2, 0) is 0 Å². The van der Waals surface area contributed by atoms with Crippen molar-refractivity contribution in [2.45, 2.75) is 0 Å². The highest BCUT2D eigenvalue weighted by atomic mass is 35.5. The van der Waals surface area contributed by atoms with Crippen LogP contribution in [0, 0.1) is 5.21 Å². The largest absolute Gasteiger partial charge is 0.739 e. The molecule has 3 aromatic rings. The molecule has 3 aromatic carbocycles. The van der Waals surface area contributed by atoms with Crippen LogP contribution in [0.4, 0.5) is 11.4 Å². The minimum atomic E-state index is -0.238. The van der Waals surface area contributed by atoms with Gasteiger partial charge in [0.2, 0.25) is 0 Å². The maximum absolute atomic E-state index is 12.7. The zero-order valence-corrected chi connectivity index (χ0v) is 13.4. The molecule has 0 aromatic heterocycles. The average molecular weight is 338 g/mol. The van der Waals surface area contributed by atoms with Gasteiger partial charge < -0.3 is 15.8 Å². The third-order valence-electron chi connectivity index (χ3n) is 3.48. The molecule has 0 heterocycles. The first-order valence-corrected chi connectivity index (χ1v) is 7.71. The molecule has 120 valence electrons. The van der Waals surface area contributed by atoms with E-state index in [9.17, 15) is 10.0 Å². The number of nitrogens with zero attached hydrogens (tertiary/aromatic N) is 1. The van der Waals surface area contributed by atoms with E-state index in [0.717, 1.165) is 0 Å². The summed E-state index contributed by atoms with van der Waals surface area (Å²) >= 11 is 5.85. The molecule has 0 saturated carbocycles. The van der Waals surface area contributed by atoms with E-state index in [-0.39, 0.29) is 11.5 Å². The number of hydrogen-bond donors (Lipinski definition) is 1. The number of halogens is 1. The molecule has 0 aliphatic heterocycles. The molecule has 0 unspecified atom stereocenters. The average Bonchev–Trinajstić information content (AvgIpc) is 2.62. The molecule has 4 nitrogen and oxygen atoms in total. The van der Waals surface area contributed by atoms with Crippen molar-refractivity contribution in [2.24, 2.45) is 0 Å². The Morgan fingerprint density at radius 3 is 2.21 bits per heavy atom. The summed E-state index contributed by atoms with van der Waals surface area (Å²) in [6.45, 7) is 0. The van der Waals surface area contributed by atoms with Gasteiger partial charge in [0, 0.05) is 16.1 Å². The highest BCUT2D eigenvalue weighted by molar-refractivity contribution is 6.30. The normalized spacial score (nSPS) is 10.2. The van der Waals surface area contributed by atoms with Crippen LogP contribution in [0.25, 0.3) is 0 Å². The smallest absolute Gasteiger partial charge is 0.195 e. The van der Waals surface area contributed by atoms with E-state index in [1.807, 2.05) is 18.2 Å². The quantitative estimate of drug-likeness (QED) is 0.531. The zero-order chi connectivity index (χ0) is 16.9. The molecule has 3 rings (SSSR count). The van der Waals surface area contributed by atoms with Crippen molar-refractivity contribution < 1.29 is 4.79 Å². The summed E-state index contributed by atoms with van der Waals surface area (Å²) < 4.78 is 0. The van der Waals surface area contributed by atoms with Crippen LogP contribution in [0.5, 0.6) is 0 Å². The predicted octanol–water partition coefficient (Wildman–Crippen LogP) is 4.90. The van der Waals surface area contributed by atoms with Crippen molar-refractivity contribution >= 4 is 28.8 Å². The summed E-state index contributed by atoms with van der Waals surface area (Å²) in [7, 11) is 0. The van der Waals surface area contributed by atoms with Crippen molar-refractivity contribution in [3.8, 4) is 0 Å². The Balaban J connectivity index is 1.90. The number of benzene rings is 3. The lowest BCUT2D eigenvalue weighted by molar-refractivity contribution is 0.103. The van der Waals surface area contributed by atoms with Crippen LogP contribution in [0.15, 0.2) is 78.9 Å². The number of anilines is 2. The fraction of sp³-hybridized carbons (Fsp3) is 0. The van der Waals surface area contributed by atoms with Crippen molar-refractivity contribution in [2.75, 3.05) is 10.6 Å². The number of hydrogen-bond acceptors (Lipinski definition) is 4. The van der Waals surface area contributed by atoms with Crippen LogP contribution in [-0.4, -0.2) is 5.78 Å². The van der Waals surface area contributed by atoms with Gasteiger partial charge in [-0.15, -0.1) is 0 Å². The first-order chi connectivity index (χ1) is 11.6. The summed E-state index contributed by atoms with van der Waals surface area (Å²) in [6, 6.07) is 22.3. The summed E-state index contributed by atoms with van der Waals surface area (Å²) in [5.41, 5.74) is 4.40. The van der Waals surface area contributed by atoms with Gasteiger partial charge in [0.05, 0.1) is 11.4 Å². The molecular formula is C19H14ClN2O2-. The van der Waals surface area contributed by atoms with Crippen LogP contribution >= 0.6 is 11.6 Å². The highest BCUT2D eigenvalue weighted by Gasteiger charge is 2.14. The lowest BCUT2D eigenvalue weighted by atomic mass is 10.0. The lowest BCUT2D eigenvalue weighted by Gasteiger charge is -2.33. The summed E-state index contributed by atoms with van der Waals surface area (Å²) in [4.78, 5) is 12.7. The summed E-state index contributed by atoms with van der Waals surface area (Å²) in [5, 5.41) is 13.6. The van der Waals surface area contributed by atoms with E-state index >= 15 is 0 Å². The minimum Gasteiger partial charge on any atom is -0.739 e. The number of carbonyl (C=O) groups excluding carboxylic acids is 1. The van der Waals surface area contributed by atoms with Crippen molar-refractivity contribution in [3.05, 3.63) is 100 Å². The number of hydrazine groups is 1. The number of carbonyl (C=O) groups is 1. The van der Waals surface area contributed by atoms with E-state index in [0.29, 0.717) is 27.0 Å². The molecule has 0 saturated heterocycles.